The summed E-state index contributed by atoms with van der Waals surface area (Å²) in [6.45, 7) is 1.85. The van der Waals surface area contributed by atoms with Crippen LogP contribution in [-0.2, 0) is 6.54 Å². The number of nitrogens with zero attached hydrogens (tertiary/aromatic N) is 3. The van der Waals surface area contributed by atoms with Crippen molar-refractivity contribution in [2.75, 3.05) is 12.8 Å². The molecule has 0 bridgehead atoms. The van der Waals surface area contributed by atoms with Crippen molar-refractivity contribution in [3.8, 4) is 5.69 Å². The number of thioether (sulfide) groups is 1. The van der Waals surface area contributed by atoms with E-state index in [1.807, 2.05) is 48.3 Å². The highest BCUT2D eigenvalue weighted by atomic mass is 32.2. The van der Waals surface area contributed by atoms with Gasteiger partial charge in [0.15, 0.2) is 0 Å². The molecule has 4 nitrogen and oxygen atoms in total. The molecule has 20 heavy (non-hydrogen) atoms. The zero-order chi connectivity index (χ0) is 13.8. The van der Waals surface area contributed by atoms with Crippen molar-refractivity contribution in [3.05, 3.63) is 42.2 Å². The maximum atomic E-state index is 4.51. The number of aromatic nitrogens is 3. The molecule has 0 unspecified atom stereocenters. The van der Waals surface area contributed by atoms with Gasteiger partial charge in [-0.05, 0) is 31.2 Å². The second-order valence-corrected chi connectivity index (χ2v) is 6.58. The topological polar surface area (TPSA) is 42.7 Å². The molecule has 1 heterocycles. The van der Waals surface area contributed by atoms with Gasteiger partial charge in [-0.2, -0.15) is 26.8 Å². The second kappa shape index (κ2) is 5.97. The van der Waals surface area contributed by atoms with Crippen LogP contribution in [0.2, 0.25) is 0 Å². The molecule has 106 valence electrons. The Kier molecular flexibility index (Phi) is 4.08. The van der Waals surface area contributed by atoms with Gasteiger partial charge in [0.2, 0.25) is 0 Å². The van der Waals surface area contributed by atoms with Crippen molar-refractivity contribution < 1.29 is 0 Å². The van der Waals surface area contributed by atoms with E-state index in [0.29, 0.717) is 4.75 Å². The van der Waals surface area contributed by atoms with Crippen LogP contribution in [0.4, 0.5) is 0 Å². The lowest BCUT2D eigenvalue weighted by molar-refractivity contribution is 0.345. The Morgan fingerprint density at radius 2 is 2.10 bits per heavy atom. The standard InChI is InChI=1S/C15H20N4S/c1-20-15(8-5-9-15)12-16-10-13-11-17-19(18-13)14-6-3-2-4-7-14/h2-4,6-7,11,16H,5,8-10,12H2,1H3. The van der Waals surface area contributed by atoms with E-state index in [9.17, 15) is 0 Å². The molecule has 0 spiro atoms. The molecule has 1 aliphatic carbocycles. The first-order valence-electron chi connectivity index (χ1n) is 7.04. The minimum absolute atomic E-state index is 0.468. The van der Waals surface area contributed by atoms with Crippen molar-refractivity contribution in [2.45, 2.75) is 30.6 Å². The zero-order valence-electron chi connectivity index (χ0n) is 11.7. The third-order valence-corrected chi connectivity index (χ3v) is 5.40. The summed E-state index contributed by atoms with van der Waals surface area (Å²) in [5, 5.41) is 12.3. The fraction of sp³-hybridized carbons (Fsp3) is 0.467. The Labute approximate surface area is 124 Å². The Morgan fingerprint density at radius 3 is 2.75 bits per heavy atom. The molecular weight excluding hydrogens is 268 g/mol. The summed E-state index contributed by atoms with van der Waals surface area (Å²) in [5.74, 6) is 0. The van der Waals surface area contributed by atoms with E-state index in [0.717, 1.165) is 24.5 Å². The normalized spacial score (nSPS) is 16.9. The van der Waals surface area contributed by atoms with Crippen LogP contribution in [0.1, 0.15) is 25.0 Å². The summed E-state index contributed by atoms with van der Waals surface area (Å²) in [6.07, 6.45) is 8.08. The van der Waals surface area contributed by atoms with Crippen molar-refractivity contribution in [1.82, 2.24) is 20.3 Å². The molecule has 0 atom stereocenters. The van der Waals surface area contributed by atoms with Crippen molar-refractivity contribution in [3.63, 3.8) is 0 Å². The van der Waals surface area contributed by atoms with Crippen LogP contribution >= 0.6 is 11.8 Å². The van der Waals surface area contributed by atoms with Crippen LogP contribution in [-0.4, -0.2) is 32.5 Å². The summed E-state index contributed by atoms with van der Waals surface area (Å²) < 4.78 is 0.468. The fourth-order valence-electron chi connectivity index (χ4n) is 2.50. The summed E-state index contributed by atoms with van der Waals surface area (Å²) >= 11 is 1.99. The molecule has 0 radical (unpaired) electrons. The Hall–Kier alpha value is -1.33. The average molecular weight is 288 g/mol. The Morgan fingerprint density at radius 1 is 1.30 bits per heavy atom. The number of benzene rings is 1. The van der Waals surface area contributed by atoms with E-state index < -0.39 is 0 Å². The molecule has 1 aromatic carbocycles. The van der Waals surface area contributed by atoms with E-state index in [-0.39, 0.29) is 0 Å². The van der Waals surface area contributed by atoms with Crippen molar-refractivity contribution in [2.24, 2.45) is 0 Å². The van der Waals surface area contributed by atoms with E-state index in [4.69, 9.17) is 0 Å². The molecule has 0 amide bonds. The molecule has 1 aliphatic rings. The average Bonchev–Trinajstić information content (AvgIpc) is 2.92. The predicted molar refractivity (Wildman–Crippen MR) is 83.2 cm³/mol. The number of hydrogen-bond donors (Lipinski definition) is 1. The molecule has 2 aromatic rings. The fourth-order valence-corrected chi connectivity index (χ4v) is 3.45. The maximum absolute atomic E-state index is 4.51. The highest BCUT2D eigenvalue weighted by Crippen LogP contribution is 2.42. The lowest BCUT2D eigenvalue weighted by atomic mass is 9.84. The smallest absolute Gasteiger partial charge is 0.0969 e. The van der Waals surface area contributed by atoms with Crippen LogP contribution < -0.4 is 5.32 Å². The third-order valence-electron chi connectivity index (χ3n) is 3.98. The minimum atomic E-state index is 0.468. The van der Waals surface area contributed by atoms with E-state index in [2.05, 4.69) is 21.8 Å². The van der Waals surface area contributed by atoms with Crippen molar-refractivity contribution >= 4 is 11.8 Å². The highest BCUT2D eigenvalue weighted by molar-refractivity contribution is 8.00. The summed E-state index contributed by atoms with van der Waals surface area (Å²) in [5.41, 5.74) is 1.99. The van der Waals surface area contributed by atoms with Gasteiger partial charge in [-0.25, -0.2) is 0 Å². The van der Waals surface area contributed by atoms with Crippen LogP contribution in [0.15, 0.2) is 36.5 Å². The highest BCUT2D eigenvalue weighted by Gasteiger charge is 2.35. The zero-order valence-corrected chi connectivity index (χ0v) is 12.6. The second-order valence-electron chi connectivity index (χ2n) is 5.31. The van der Waals surface area contributed by atoms with Crippen LogP contribution in [0.5, 0.6) is 0 Å². The number of hydrogen-bond acceptors (Lipinski definition) is 4. The predicted octanol–water partition coefficient (Wildman–Crippen LogP) is 2.64. The van der Waals surface area contributed by atoms with Gasteiger partial charge >= 0.3 is 0 Å². The minimum Gasteiger partial charge on any atom is -0.310 e. The summed E-state index contributed by atoms with van der Waals surface area (Å²) in [7, 11) is 0. The van der Waals surface area contributed by atoms with Gasteiger partial charge in [0.25, 0.3) is 0 Å². The SMILES string of the molecule is CSC1(CNCc2cnn(-c3ccccc3)n2)CCC1. The lowest BCUT2D eigenvalue weighted by Crippen LogP contribution is -2.43. The van der Waals surface area contributed by atoms with Crippen molar-refractivity contribution in [1.29, 1.82) is 0 Å². The molecule has 0 aliphatic heterocycles. The lowest BCUT2D eigenvalue weighted by Gasteiger charge is -2.40. The van der Waals surface area contributed by atoms with Gasteiger partial charge < -0.3 is 5.32 Å². The van der Waals surface area contributed by atoms with Gasteiger partial charge in [-0.3, -0.25) is 0 Å². The number of para-hydroxylation sites is 1. The van der Waals surface area contributed by atoms with Gasteiger partial charge in [-0.1, -0.05) is 24.6 Å². The Balaban J connectivity index is 1.55. The first kappa shape index (κ1) is 13.6. The molecule has 1 saturated carbocycles. The van der Waals surface area contributed by atoms with Crippen LogP contribution in [0, 0.1) is 0 Å². The quantitative estimate of drug-likeness (QED) is 0.887. The van der Waals surface area contributed by atoms with Gasteiger partial charge in [-0.15, -0.1) is 0 Å². The van der Waals surface area contributed by atoms with Crippen LogP contribution in [0.3, 0.4) is 0 Å². The maximum Gasteiger partial charge on any atom is 0.0969 e. The van der Waals surface area contributed by atoms with E-state index in [1.54, 1.807) is 4.80 Å². The van der Waals surface area contributed by atoms with E-state index in [1.165, 1.54) is 19.3 Å². The first-order valence-corrected chi connectivity index (χ1v) is 8.26. The van der Waals surface area contributed by atoms with E-state index >= 15 is 0 Å². The summed E-state index contributed by atoms with van der Waals surface area (Å²) in [4.78, 5) is 1.69. The number of nitrogens with one attached hydrogen (secondary N) is 1. The van der Waals surface area contributed by atoms with Crippen LogP contribution in [0.25, 0.3) is 5.69 Å². The first-order chi connectivity index (χ1) is 9.81. The monoisotopic (exact) mass is 288 g/mol. The third kappa shape index (κ3) is 2.88. The molecule has 1 fully saturated rings. The van der Waals surface area contributed by atoms with Gasteiger partial charge in [0.05, 0.1) is 17.6 Å². The molecule has 3 rings (SSSR count). The molecular formula is C15H20N4S. The van der Waals surface area contributed by atoms with Gasteiger partial charge in [0, 0.05) is 17.8 Å². The Bertz CT molecular complexity index is 543. The largest absolute Gasteiger partial charge is 0.310 e. The number of rotatable bonds is 6. The van der Waals surface area contributed by atoms with Gasteiger partial charge in [0.1, 0.15) is 0 Å². The molecule has 5 heteroatoms. The molecule has 1 N–H and O–H groups in total. The molecule has 0 saturated heterocycles. The summed E-state index contributed by atoms with van der Waals surface area (Å²) in [6, 6.07) is 10.0. The molecule has 1 aromatic heterocycles.